The minimum Gasteiger partial charge on any atom is -0.469 e. The van der Waals surface area contributed by atoms with Crippen LogP contribution in [-0.4, -0.2) is 13.1 Å². The first-order valence-electron chi connectivity index (χ1n) is 6.76. The van der Waals surface area contributed by atoms with E-state index in [-0.39, 0.29) is 11.4 Å². The number of carbonyl (C=O) groups excluding carboxylic acids is 1. The molecule has 0 N–H and O–H groups in total. The molecule has 0 radical (unpaired) electrons. The van der Waals surface area contributed by atoms with Gasteiger partial charge >= 0.3 is 5.97 Å². The number of ether oxygens (including phenoxy) is 1. The maximum Gasteiger partial charge on any atom is 0.306 e. The van der Waals surface area contributed by atoms with Crippen LogP contribution in [0.4, 0.5) is 0 Å². The van der Waals surface area contributed by atoms with E-state index in [1.165, 1.54) is 18.2 Å². The Kier molecular flexibility index (Phi) is 4.23. The molecule has 20 heavy (non-hydrogen) atoms. The van der Waals surface area contributed by atoms with Crippen molar-refractivity contribution in [3.05, 3.63) is 60.2 Å². The zero-order chi connectivity index (χ0) is 14.6. The largest absolute Gasteiger partial charge is 0.469 e. The van der Waals surface area contributed by atoms with Crippen LogP contribution in [0.15, 0.2) is 54.6 Å². The Balaban J connectivity index is 2.22. The molecule has 0 aliphatic rings. The topological polar surface area (TPSA) is 26.3 Å². The summed E-state index contributed by atoms with van der Waals surface area (Å²) >= 11 is 0. The molecule has 104 valence electrons. The van der Waals surface area contributed by atoms with Crippen LogP contribution in [0.1, 0.15) is 25.8 Å². The third-order valence-corrected chi connectivity index (χ3v) is 3.59. The van der Waals surface area contributed by atoms with Gasteiger partial charge in [-0.15, -0.1) is 0 Å². The van der Waals surface area contributed by atoms with E-state index < -0.39 is 0 Å². The van der Waals surface area contributed by atoms with Gasteiger partial charge in [-0.3, -0.25) is 4.79 Å². The lowest BCUT2D eigenvalue weighted by Gasteiger charge is -2.24. The number of rotatable bonds is 4. The van der Waals surface area contributed by atoms with Crippen LogP contribution < -0.4 is 0 Å². The third kappa shape index (κ3) is 3.27. The Labute approximate surface area is 120 Å². The lowest BCUT2D eigenvalue weighted by atomic mass is 9.81. The summed E-state index contributed by atoms with van der Waals surface area (Å²) in [6.45, 7) is 4.11. The maximum absolute atomic E-state index is 11.5. The van der Waals surface area contributed by atoms with Crippen molar-refractivity contribution in [2.75, 3.05) is 7.11 Å². The van der Waals surface area contributed by atoms with Crippen molar-refractivity contribution in [2.24, 2.45) is 0 Å². The second kappa shape index (κ2) is 5.91. The molecule has 0 spiro atoms. The zero-order valence-corrected chi connectivity index (χ0v) is 12.2. The highest BCUT2D eigenvalue weighted by atomic mass is 16.5. The highest BCUT2D eigenvalue weighted by Crippen LogP contribution is 2.29. The van der Waals surface area contributed by atoms with Gasteiger partial charge in [0.05, 0.1) is 13.5 Å². The van der Waals surface area contributed by atoms with Gasteiger partial charge in [0.1, 0.15) is 0 Å². The Morgan fingerprint density at radius 3 is 2.05 bits per heavy atom. The highest BCUT2D eigenvalue weighted by molar-refractivity contribution is 5.71. The minimum atomic E-state index is -0.220. The monoisotopic (exact) mass is 268 g/mol. The quantitative estimate of drug-likeness (QED) is 0.777. The van der Waals surface area contributed by atoms with E-state index in [0.717, 1.165) is 5.56 Å². The molecule has 2 nitrogen and oxygen atoms in total. The summed E-state index contributed by atoms with van der Waals surface area (Å²) in [5.41, 5.74) is 3.30. The van der Waals surface area contributed by atoms with E-state index in [9.17, 15) is 4.79 Å². The lowest BCUT2D eigenvalue weighted by Crippen LogP contribution is -2.22. The number of hydrogen-bond donors (Lipinski definition) is 0. The van der Waals surface area contributed by atoms with Crippen molar-refractivity contribution >= 4 is 5.97 Å². The summed E-state index contributed by atoms with van der Waals surface area (Å²) < 4.78 is 4.76. The summed E-state index contributed by atoms with van der Waals surface area (Å²) in [5.74, 6) is -0.179. The van der Waals surface area contributed by atoms with Crippen molar-refractivity contribution in [1.82, 2.24) is 0 Å². The molecule has 0 aromatic heterocycles. The van der Waals surface area contributed by atoms with Gasteiger partial charge in [-0.25, -0.2) is 0 Å². The normalized spacial score (nSPS) is 11.2. The zero-order valence-electron chi connectivity index (χ0n) is 12.2. The van der Waals surface area contributed by atoms with Gasteiger partial charge in [-0.05, 0) is 16.7 Å². The fourth-order valence-corrected chi connectivity index (χ4v) is 2.28. The predicted octanol–water partition coefficient (Wildman–Crippen LogP) is 4.19. The van der Waals surface area contributed by atoms with Crippen LogP contribution in [-0.2, 0) is 14.9 Å². The predicted molar refractivity (Wildman–Crippen MR) is 81.5 cm³/mol. The van der Waals surface area contributed by atoms with Crippen LogP contribution in [0.3, 0.4) is 0 Å². The molecule has 0 amide bonds. The van der Waals surface area contributed by atoms with Crippen LogP contribution in [0.5, 0.6) is 0 Å². The third-order valence-electron chi connectivity index (χ3n) is 3.59. The highest BCUT2D eigenvalue weighted by Gasteiger charge is 2.24. The SMILES string of the molecule is COC(=O)CC(C)(C)c1ccc(-c2ccccc2)cc1. The average Bonchev–Trinajstić information content (AvgIpc) is 2.48. The minimum absolute atomic E-state index is 0.179. The Bertz CT molecular complexity index is 568. The first kappa shape index (κ1) is 14.3. The number of hydrogen-bond acceptors (Lipinski definition) is 2. The van der Waals surface area contributed by atoms with Crippen molar-refractivity contribution in [3.63, 3.8) is 0 Å². The number of carbonyl (C=O) groups is 1. The molecule has 2 aromatic rings. The van der Waals surface area contributed by atoms with Gasteiger partial charge in [0.2, 0.25) is 0 Å². The molecule has 0 aliphatic carbocycles. The van der Waals surface area contributed by atoms with Gasteiger partial charge < -0.3 is 4.74 Å². The van der Waals surface area contributed by atoms with Crippen molar-refractivity contribution in [1.29, 1.82) is 0 Å². The molecule has 0 aliphatic heterocycles. The molecule has 0 saturated heterocycles. The van der Waals surface area contributed by atoms with E-state index >= 15 is 0 Å². The maximum atomic E-state index is 11.5. The molecule has 0 unspecified atom stereocenters. The van der Waals surface area contributed by atoms with Gasteiger partial charge in [0.15, 0.2) is 0 Å². The van der Waals surface area contributed by atoms with Crippen molar-refractivity contribution in [2.45, 2.75) is 25.7 Å². The molecule has 2 rings (SSSR count). The number of methoxy groups -OCH3 is 1. The molecule has 0 heterocycles. The standard InChI is InChI=1S/C18H20O2/c1-18(2,13-17(19)20-3)16-11-9-15(10-12-16)14-7-5-4-6-8-14/h4-12H,13H2,1-3H3. The Morgan fingerprint density at radius 2 is 1.50 bits per heavy atom. The second-order valence-corrected chi connectivity index (χ2v) is 5.58. The molecule has 0 atom stereocenters. The van der Waals surface area contributed by atoms with E-state index in [4.69, 9.17) is 4.74 Å². The van der Waals surface area contributed by atoms with Crippen LogP contribution in [0, 0.1) is 0 Å². The van der Waals surface area contributed by atoms with E-state index in [1.54, 1.807) is 0 Å². The van der Waals surface area contributed by atoms with Crippen molar-refractivity contribution < 1.29 is 9.53 Å². The molecular weight excluding hydrogens is 248 g/mol. The molecule has 0 saturated carbocycles. The number of esters is 1. The van der Waals surface area contributed by atoms with Crippen molar-refractivity contribution in [3.8, 4) is 11.1 Å². The lowest BCUT2D eigenvalue weighted by molar-refractivity contribution is -0.141. The summed E-state index contributed by atoms with van der Waals surface area (Å²) in [7, 11) is 1.43. The molecule has 2 aromatic carbocycles. The van der Waals surface area contributed by atoms with Gasteiger partial charge in [-0.1, -0.05) is 68.4 Å². The van der Waals surface area contributed by atoms with Crippen LogP contribution >= 0.6 is 0 Å². The molecule has 2 heteroatoms. The van der Waals surface area contributed by atoms with E-state index in [1.807, 2.05) is 18.2 Å². The van der Waals surface area contributed by atoms with E-state index in [2.05, 4.69) is 50.2 Å². The Morgan fingerprint density at radius 1 is 0.950 bits per heavy atom. The fourth-order valence-electron chi connectivity index (χ4n) is 2.28. The molecule has 0 fully saturated rings. The molecular formula is C18H20O2. The van der Waals surface area contributed by atoms with Gasteiger partial charge in [0, 0.05) is 5.41 Å². The van der Waals surface area contributed by atoms with Crippen LogP contribution in [0.2, 0.25) is 0 Å². The Hall–Kier alpha value is -2.09. The summed E-state index contributed by atoms with van der Waals surface area (Å²) in [5, 5.41) is 0. The summed E-state index contributed by atoms with van der Waals surface area (Å²) in [6.07, 6.45) is 0.383. The first-order valence-corrected chi connectivity index (χ1v) is 6.76. The smallest absolute Gasteiger partial charge is 0.306 e. The molecule has 0 bridgehead atoms. The summed E-state index contributed by atoms with van der Waals surface area (Å²) in [6, 6.07) is 18.6. The van der Waals surface area contributed by atoms with Gasteiger partial charge in [0.25, 0.3) is 0 Å². The fraction of sp³-hybridized carbons (Fsp3) is 0.278. The van der Waals surface area contributed by atoms with Crippen LogP contribution in [0.25, 0.3) is 11.1 Å². The van der Waals surface area contributed by atoms with E-state index in [0.29, 0.717) is 6.42 Å². The van der Waals surface area contributed by atoms with Gasteiger partial charge in [-0.2, -0.15) is 0 Å². The first-order chi connectivity index (χ1) is 9.53. The second-order valence-electron chi connectivity index (χ2n) is 5.58. The summed E-state index contributed by atoms with van der Waals surface area (Å²) in [4.78, 5) is 11.5. The average molecular weight is 268 g/mol. The number of benzene rings is 2.